The molecule has 30 heavy (non-hydrogen) atoms. The lowest BCUT2D eigenvalue weighted by Gasteiger charge is -2.38. The third-order valence-corrected chi connectivity index (χ3v) is 4.41. The highest BCUT2D eigenvalue weighted by atomic mass is 19.4. The molecular formula is C22H33F3N4O. The molecule has 1 aliphatic rings. The van der Waals surface area contributed by atoms with Gasteiger partial charge in [0.25, 0.3) is 0 Å². The van der Waals surface area contributed by atoms with Crippen molar-refractivity contribution in [3.63, 3.8) is 0 Å². The molecule has 1 N–H and O–H groups in total. The van der Waals surface area contributed by atoms with Gasteiger partial charge in [0.2, 0.25) is 5.91 Å². The number of benzene rings is 1. The maximum absolute atomic E-state index is 12.9. The van der Waals surface area contributed by atoms with Gasteiger partial charge in [-0.3, -0.25) is 4.79 Å². The summed E-state index contributed by atoms with van der Waals surface area (Å²) in [5.74, 6) is 0.600. The zero-order chi connectivity index (χ0) is 22.7. The van der Waals surface area contributed by atoms with Crippen molar-refractivity contribution in [2.45, 2.75) is 39.9 Å². The predicted molar refractivity (Wildman–Crippen MR) is 119 cm³/mol. The minimum absolute atomic E-state index is 0. The molecular weight excluding hydrogens is 393 g/mol. The van der Waals surface area contributed by atoms with Crippen LogP contribution in [0.1, 0.15) is 34.7 Å². The fourth-order valence-electron chi connectivity index (χ4n) is 3.00. The van der Waals surface area contributed by atoms with Crippen LogP contribution in [0.25, 0.3) is 0 Å². The van der Waals surface area contributed by atoms with Crippen molar-refractivity contribution in [1.29, 1.82) is 0 Å². The molecule has 1 amide bonds. The van der Waals surface area contributed by atoms with Gasteiger partial charge in [0, 0.05) is 39.5 Å². The van der Waals surface area contributed by atoms with Crippen LogP contribution in [0.5, 0.6) is 0 Å². The highest BCUT2D eigenvalue weighted by Gasteiger charge is 2.31. The van der Waals surface area contributed by atoms with E-state index in [0.29, 0.717) is 37.7 Å². The molecule has 1 atom stereocenters. The molecule has 8 heteroatoms. The van der Waals surface area contributed by atoms with Gasteiger partial charge in [-0.1, -0.05) is 32.6 Å². The van der Waals surface area contributed by atoms with Crippen LogP contribution in [-0.4, -0.2) is 53.8 Å². The van der Waals surface area contributed by atoms with E-state index in [4.69, 9.17) is 0 Å². The molecule has 1 aromatic rings. The van der Waals surface area contributed by atoms with Crippen LogP contribution in [-0.2, 0) is 11.0 Å². The quantitative estimate of drug-likeness (QED) is 0.408. The Morgan fingerprint density at radius 1 is 1.23 bits per heavy atom. The number of piperazine rings is 1. The van der Waals surface area contributed by atoms with Crippen molar-refractivity contribution in [1.82, 2.24) is 9.80 Å². The molecule has 1 aromatic carbocycles. The Balaban J connectivity index is 0.00000291. The number of hydrogen-bond donors (Lipinski definition) is 1. The van der Waals surface area contributed by atoms with E-state index < -0.39 is 11.7 Å². The van der Waals surface area contributed by atoms with Gasteiger partial charge >= 0.3 is 6.18 Å². The zero-order valence-corrected chi connectivity index (χ0v) is 18.0. The number of halogens is 3. The van der Waals surface area contributed by atoms with E-state index >= 15 is 0 Å². The summed E-state index contributed by atoms with van der Waals surface area (Å²) in [6.07, 6.45) is 0.342. The first-order valence-corrected chi connectivity index (χ1v) is 10.0. The summed E-state index contributed by atoms with van der Waals surface area (Å²) in [7, 11) is 0. The Hall–Kier alpha value is -2.77. The minimum atomic E-state index is -4.39. The number of rotatable bonds is 5. The normalized spacial score (nSPS) is 16.0. The van der Waals surface area contributed by atoms with Crippen LogP contribution in [0.3, 0.4) is 0 Å². The largest absolute Gasteiger partial charge is 0.416 e. The molecule has 0 saturated carbocycles. The van der Waals surface area contributed by atoms with E-state index in [1.165, 1.54) is 12.1 Å². The predicted octanol–water partition coefficient (Wildman–Crippen LogP) is 5.04. The van der Waals surface area contributed by atoms with Gasteiger partial charge in [0.05, 0.1) is 11.6 Å². The third-order valence-electron chi connectivity index (χ3n) is 4.41. The molecule has 2 rings (SSSR count). The van der Waals surface area contributed by atoms with E-state index in [2.05, 4.69) is 16.9 Å². The van der Waals surface area contributed by atoms with Crippen molar-refractivity contribution in [2.24, 2.45) is 4.99 Å². The molecule has 1 unspecified atom stereocenters. The van der Waals surface area contributed by atoms with Crippen LogP contribution in [0.15, 0.2) is 54.2 Å². The van der Waals surface area contributed by atoms with Crippen molar-refractivity contribution < 1.29 is 19.4 Å². The number of anilines is 1. The number of amidine groups is 1. The summed E-state index contributed by atoms with van der Waals surface area (Å²) < 4.78 is 38.8. The summed E-state index contributed by atoms with van der Waals surface area (Å²) in [6, 6.07) is 4.78. The van der Waals surface area contributed by atoms with E-state index in [9.17, 15) is 18.0 Å². The lowest BCUT2D eigenvalue weighted by Crippen LogP contribution is -2.53. The van der Waals surface area contributed by atoms with Gasteiger partial charge in [-0.15, -0.1) is 0 Å². The molecule has 1 aliphatic heterocycles. The fraction of sp³-hybridized carbons (Fsp3) is 0.455. The number of nitrogens with one attached hydrogen (secondary N) is 1. The Morgan fingerprint density at radius 3 is 2.37 bits per heavy atom. The molecule has 0 bridgehead atoms. The number of carbonyl (C=O) groups is 1. The summed E-state index contributed by atoms with van der Waals surface area (Å²) in [4.78, 5) is 20.0. The van der Waals surface area contributed by atoms with Crippen molar-refractivity contribution in [3.8, 4) is 0 Å². The first kappa shape index (κ1) is 25.3. The highest BCUT2D eigenvalue weighted by molar-refractivity contribution is 5.91. The van der Waals surface area contributed by atoms with Crippen molar-refractivity contribution >= 4 is 17.4 Å². The van der Waals surface area contributed by atoms with Crippen LogP contribution < -0.4 is 5.32 Å². The molecule has 0 radical (unpaired) electrons. The Bertz CT molecular complexity index is 757. The second kappa shape index (κ2) is 12.0. The SMILES string of the molecule is C=CC(=O)N1CCN(C(=N/C=C\C)C(C)Nc2cccc(C(F)(F)F)c2)CC1.CC.[HH]. The topological polar surface area (TPSA) is 47.9 Å². The smallest absolute Gasteiger partial charge is 0.375 e. The van der Waals surface area contributed by atoms with E-state index in [-0.39, 0.29) is 13.4 Å². The van der Waals surface area contributed by atoms with Gasteiger partial charge in [0.15, 0.2) is 0 Å². The molecule has 0 aromatic heterocycles. The average Bonchev–Trinajstić information content (AvgIpc) is 2.75. The first-order valence-electron chi connectivity index (χ1n) is 10.0. The second-order valence-corrected chi connectivity index (χ2v) is 6.43. The number of nitrogens with zero attached hydrogens (tertiary/aromatic N) is 3. The average molecular weight is 427 g/mol. The minimum Gasteiger partial charge on any atom is -0.375 e. The maximum Gasteiger partial charge on any atom is 0.416 e. The van der Waals surface area contributed by atoms with Crippen LogP contribution in [0, 0.1) is 0 Å². The standard InChI is InChI=1S/C20H25F3N4O.C2H6.H2/c1-4-9-24-19(27-12-10-26(11-13-27)18(28)5-2)15(3)25-17-8-6-7-16(14-17)20(21,22)23;1-2;/h4-9,14-15,25H,2,10-13H2,1,3H3;1-2H3;1H/b9-4-,24-19?;;. The number of amides is 1. The monoisotopic (exact) mass is 426 g/mol. The van der Waals surface area contributed by atoms with Gasteiger partial charge in [-0.2, -0.15) is 13.2 Å². The molecule has 0 aliphatic carbocycles. The second-order valence-electron chi connectivity index (χ2n) is 6.43. The zero-order valence-electron chi connectivity index (χ0n) is 18.0. The van der Waals surface area contributed by atoms with E-state index in [1.807, 2.05) is 32.6 Å². The van der Waals surface area contributed by atoms with Gasteiger partial charge in [-0.05, 0) is 38.1 Å². The first-order chi connectivity index (χ1) is 14.3. The van der Waals surface area contributed by atoms with Crippen LogP contribution >= 0.6 is 0 Å². The van der Waals surface area contributed by atoms with E-state index in [1.54, 1.807) is 23.2 Å². The van der Waals surface area contributed by atoms with E-state index in [0.717, 1.165) is 12.1 Å². The molecule has 1 fully saturated rings. The molecule has 168 valence electrons. The molecule has 1 heterocycles. The van der Waals surface area contributed by atoms with Crippen molar-refractivity contribution in [3.05, 3.63) is 54.8 Å². The van der Waals surface area contributed by atoms with Gasteiger partial charge in [-0.25, -0.2) is 4.99 Å². The third kappa shape index (κ3) is 7.24. The summed E-state index contributed by atoms with van der Waals surface area (Å²) in [5, 5.41) is 3.10. The maximum atomic E-state index is 12.9. The number of aliphatic imine (C=N–C) groups is 1. The number of carbonyl (C=O) groups excluding carboxylic acids is 1. The Morgan fingerprint density at radius 2 is 1.83 bits per heavy atom. The van der Waals surface area contributed by atoms with Gasteiger partial charge < -0.3 is 15.1 Å². The fourth-order valence-corrected chi connectivity index (χ4v) is 3.00. The summed E-state index contributed by atoms with van der Waals surface area (Å²) in [6.45, 7) is 13.4. The summed E-state index contributed by atoms with van der Waals surface area (Å²) >= 11 is 0. The van der Waals surface area contributed by atoms with Crippen LogP contribution in [0.2, 0.25) is 0 Å². The lowest BCUT2D eigenvalue weighted by molar-refractivity contribution is -0.137. The molecule has 1 saturated heterocycles. The Kier molecular flexibility index (Phi) is 10.1. The lowest BCUT2D eigenvalue weighted by atomic mass is 10.1. The summed E-state index contributed by atoms with van der Waals surface area (Å²) in [5.41, 5.74) is -0.329. The van der Waals surface area contributed by atoms with Gasteiger partial charge in [0.1, 0.15) is 5.84 Å². The number of alkyl halides is 3. The van der Waals surface area contributed by atoms with Crippen LogP contribution in [0.4, 0.5) is 18.9 Å². The van der Waals surface area contributed by atoms with Crippen molar-refractivity contribution in [2.75, 3.05) is 31.5 Å². The molecule has 5 nitrogen and oxygen atoms in total. The number of hydrogen-bond acceptors (Lipinski definition) is 3. The molecule has 0 spiro atoms. The Labute approximate surface area is 178 Å². The number of allylic oxidation sites excluding steroid dienone is 1. The highest BCUT2D eigenvalue weighted by Crippen LogP contribution is 2.30.